The molecule has 9 heteroatoms. The molecule has 0 radical (unpaired) electrons. The first-order chi connectivity index (χ1) is 10.9. The van der Waals surface area contributed by atoms with E-state index in [1.165, 1.54) is 0 Å². The second kappa shape index (κ2) is 6.23. The average molecular weight is 342 g/mol. The monoisotopic (exact) mass is 342 g/mol. The summed E-state index contributed by atoms with van der Waals surface area (Å²) in [6, 6.07) is 7.45. The van der Waals surface area contributed by atoms with E-state index in [0.29, 0.717) is 12.8 Å². The molecule has 0 spiro atoms. The van der Waals surface area contributed by atoms with Crippen molar-refractivity contribution in [3.05, 3.63) is 36.2 Å². The van der Waals surface area contributed by atoms with Gasteiger partial charge in [-0.25, -0.2) is 0 Å². The van der Waals surface area contributed by atoms with Crippen LogP contribution in [0.1, 0.15) is 12.0 Å². The topological polar surface area (TPSA) is 59.8 Å². The lowest BCUT2D eigenvalue weighted by molar-refractivity contribution is -0.142. The molecule has 1 N–H and O–H groups in total. The van der Waals surface area contributed by atoms with Crippen molar-refractivity contribution in [2.45, 2.75) is 36.0 Å². The number of nitrogens with one attached hydrogen (secondary N) is 1. The third kappa shape index (κ3) is 3.84. The fraction of sp³-hybridized carbons (Fsp3) is 0.357. The number of hydrogen-bond donors (Lipinski definition) is 1. The highest BCUT2D eigenvalue weighted by molar-refractivity contribution is 8.00. The largest absolute Gasteiger partial charge is 0.406 e. The number of benzene rings is 1. The summed E-state index contributed by atoms with van der Waals surface area (Å²) in [4.78, 5) is 12.3. The Labute approximate surface area is 134 Å². The third-order valence-electron chi connectivity index (χ3n) is 3.42. The SMILES string of the molecule is O=C1Nc2ccccc2CCC1Sc1nncn1CC(F)(F)F. The number of aryl methyl sites for hydroxylation is 1. The molecule has 5 nitrogen and oxygen atoms in total. The number of thioether (sulfide) groups is 1. The number of halogens is 3. The zero-order chi connectivity index (χ0) is 16.4. The maximum atomic E-state index is 12.5. The molecular formula is C14H13F3N4OS. The van der Waals surface area contributed by atoms with Gasteiger partial charge in [-0.05, 0) is 24.5 Å². The van der Waals surface area contributed by atoms with Crippen LogP contribution < -0.4 is 5.32 Å². The van der Waals surface area contributed by atoms with Crippen molar-refractivity contribution in [2.75, 3.05) is 5.32 Å². The molecule has 122 valence electrons. The second-order valence-electron chi connectivity index (χ2n) is 5.15. The summed E-state index contributed by atoms with van der Waals surface area (Å²) in [5.74, 6) is -0.235. The summed E-state index contributed by atoms with van der Waals surface area (Å²) in [5.41, 5.74) is 1.76. The molecule has 1 aliphatic heterocycles. The smallest absolute Gasteiger partial charge is 0.325 e. The highest BCUT2D eigenvalue weighted by Crippen LogP contribution is 2.31. The van der Waals surface area contributed by atoms with Crippen LogP contribution in [0.25, 0.3) is 0 Å². The fourth-order valence-corrected chi connectivity index (χ4v) is 3.37. The Morgan fingerprint density at radius 1 is 1.35 bits per heavy atom. The summed E-state index contributed by atoms with van der Waals surface area (Å²) in [7, 11) is 0. The van der Waals surface area contributed by atoms with E-state index >= 15 is 0 Å². The number of nitrogens with zero attached hydrogens (tertiary/aromatic N) is 3. The number of carbonyl (C=O) groups excluding carboxylic acids is 1. The zero-order valence-electron chi connectivity index (χ0n) is 11.9. The minimum absolute atomic E-state index is 0.0911. The number of para-hydroxylation sites is 1. The molecule has 23 heavy (non-hydrogen) atoms. The first kappa shape index (κ1) is 15.9. The Hall–Kier alpha value is -2.03. The van der Waals surface area contributed by atoms with Crippen LogP contribution in [0, 0.1) is 0 Å². The molecule has 1 atom stereocenters. The predicted molar refractivity (Wildman–Crippen MR) is 79.1 cm³/mol. The van der Waals surface area contributed by atoms with Crippen LogP contribution >= 0.6 is 11.8 Å². The number of amides is 1. The standard InChI is InChI=1S/C14H13F3N4OS/c15-14(16,17)7-21-8-18-20-13(21)23-11-6-5-9-3-1-2-4-10(9)19-12(11)22/h1-4,8,11H,5-7H2,(H,19,22). The lowest BCUT2D eigenvalue weighted by Crippen LogP contribution is -2.25. The Balaban J connectivity index is 1.75. The van der Waals surface area contributed by atoms with E-state index in [0.717, 1.165) is 33.9 Å². The molecular weight excluding hydrogens is 329 g/mol. The first-order valence-electron chi connectivity index (χ1n) is 6.92. The average Bonchev–Trinajstić information content (AvgIpc) is 2.82. The normalized spacial score (nSPS) is 18.2. The quantitative estimate of drug-likeness (QED) is 0.932. The van der Waals surface area contributed by atoms with Crippen molar-refractivity contribution < 1.29 is 18.0 Å². The highest BCUT2D eigenvalue weighted by Gasteiger charge is 2.31. The van der Waals surface area contributed by atoms with E-state index < -0.39 is 18.0 Å². The molecule has 1 unspecified atom stereocenters. The van der Waals surface area contributed by atoms with Gasteiger partial charge in [-0.3, -0.25) is 9.36 Å². The molecule has 1 amide bonds. The zero-order valence-corrected chi connectivity index (χ0v) is 12.7. The van der Waals surface area contributed by atoms with Gasteiger partial charge in [-0.15, -0.1) is 10.2 Å². The maximum Gasteiger partial charge on any atom is 0.406 e. The molecule has 1 aromatic carbocycles. The summed E-state index contributed by atoms with van der Waals surface area (Å²) >= 11 is 1.01. The van der Waals surface area contributed by atoms with E-state index in [4.69, 9.17) is 0 Å². The van der Waals surface area contributed by atoms with Crippen LogP contribution in [0.2, 0.25) is 0 Å². The van der Waals surface area contributed by atoms with Crippen LogP contribution in [0.3, 0.4) is 0 Å². The van der Waals surface area contributed by atoms with Gasteiger partial charge in [-0.2, -0.15) is 13.2 Å². The van der Waals surface area contributed by atoms with E-state index in [1.807, 2.05) is 24.3 Å². The van der Waals surface area contributed by atoms with Crippen molar-refractivity contribution >= 4 is 23.4 Å². The van der Waals surface area contributed by atoms with Crippen LogP contribution in [-0.2, 0) is 17.8 Å². The van der Waals surface area contributed by atoms with E-state index in [9.17, 15) is 18.0 Å². The molecule has 0 aliphatic carbocycles. The minimum atomic E-state index is -4.36. The molecule has 1 aliphatic rings. The summed E-state index contributed by atoms with van der Waals surface area (Å²) < 4.78 is 38.5. The van der Waals surface area contributed by atoms with Crippen molar-refractivity contribution in [3.8, 4) is 0 Å². The number of rotatable bonds is 3. The highest BCUT2D eigenvalue weighted by atomic mass is 32.2. The Morgan fingerprint density at radius 3 is 2.91 bits per heavy atom. The molecule has 0 fully saturated rings. The van der Waals surface area contributed by atoms with Gasteiger partial charge in [0, 0.05) is 5.69 Å². The van der Waals surface area contributed by atoms with Gasteiger partial charge < -0.3 is 5.32 Å². The third-order valence-corrected chi connectivity index (χ3v) is 4.68. The fourth-order valence-electron chi connectivity index (χ4n) is 2.37. The van der Waals surface area contributed by atoms with Crippen molar-refractivity contribution in [2.24, 2.45) is 0 Å². The van der Waals surface area contributed by atoms with E-state index in [1.54, 1.807) is 0 Å². The van der Waals surface area contributed by atoms with Crippen molar-refractivity contribution in [1.82, 2.24) is 14.8 Å². The van der Waals surface area contributed by atoms with Gasteiger partial charge in [0.25, 0.3) is 0 Å². The molecule has 0 bridgehead atoms. The number of anilines is 1. The Bertz CT molecular complexity index is 716. The number of aromatic nitrogens is 3. The summed E-state index contributed by atoms with van der Waals surface area (Å²) in [5, 5.41) is 9.61. The van der Waals surface area contributed by atoms with Gasteiger partial charge in [0.1, 0.15) is 12.9 Å². The lowest BCUT2D eigenvalue weighted by atomic mass is 10.1. The van der Waals surface area contributed by atoms with Crippen LogP contribution in [0.4, 0.5) is 18.9 Å². The van der Waals surface area contributed by atoms with Gasteiger partial charge >= 0.3 is 6.18 Å². The van der Waals surface area contributed by atoms with Gasteiger partial charge in [0.05, 0.1) is 5.25 Å². The summed E-state index contributed by atoms with van der Waals surface area (Å²) in [6.45, 7) is -1.17. The van der Waals surface area contributed by atoms with Gasteiger partial charge in [0.15, 0.2) is 5.16 Å². The molecule has 0 saturated heterocycles. The van der Waals surface area contributed by atoms with E-state index in [2.05, 4.69) is 15.5 Å². The van der Waals surface area contributed by atoms with Gasteiger partial charge in [0.2, 0.25) is 5.91 Å². The summed E-state index contributed by atoms with van der Waals surface area (Å²) in [6.07, 6.45) is -2.15. The number of hydrogen-bond acceptors (Lipinski definition) is 4. The Kier molecular flexibility index (Phi) is 4.29. The number of carbonyl (C=O) groups is 1. The number of fused-ring (bicyclic) bond motifs is 1. The van der Waals surface area contributed by atoms with Gasteiger partial charge in [-0.1, -0.05) is 30.0 Å². The second-order valence-corrected chi connectivity index (χ2v) is 6.32. The minimum Gasteiger partial charge on any atom is -0.325 e. The lowest BCUT2D eigenvalue weighted by Gasteiger charge is -2.14. The van der Waals surface area contributed by atoms with Crippen molar-refractivity contribution in [1.29, 1.82) is 0 Å². The Morgan fingerprint density at radius 2 is 2.13 bits per heavy atom. The molecule has 2 heterocycles. The molecule has 0 saturated carbocycles. The molecule has 1 aromatic heterocycles. The molecule has 2 aromatic rings. The number of alkyl halides is 3. The molecule has 3 rings (SSSR count). The predicted octanol–water partition coefficient (Wildman–Crippen LogP) is 2.89. The van der Waals surface area contributed by atoms with E-state index in [-0.39, 0.29) is 11.1 Å². The van der Waals surface area contributed by atoms with Crippen LogP contribution in [0.5, 0.6) is 0 Å². The first-order valence-corrected chi connectivity index (χ1v) is 7.80. The van der Waals surface area contributed by atoms with Crippen LogP contribution in [-0.4, -0.2) is 32.1 Å². The van der Waals surface area contributed by atoms with Crippen LogP contribution in [0.15, 0.2) is 35.7 Å². The van der Waals surface area contributed by atoms with Crippen molar-refractivity contribution in [3.63, 3.8) is 0 Å². The maximum absolute atomic E-state index is 12.5.